The lowest BCUT2D eigenvalue weighted by Crippen LogP contribution is -2.66. The van der Waals surface area contributed by atoms with Gasteiger partial charge in [0.15, 0.2) is 0 Å². The van der Waals surface area contributed by atoms with Gasteiger partial charge in [0.25, 0.3) is 6.47 Å². The highest BCUT2D eigenvalue weighted by molar-refractivity contribution is 5.90. The number of allylic oxidation sites excluding steroid dienone is 1. The molecule has 0 aromatic heterocycles. The number of ether oxygens (including phenoxy) is 2. The highest BCUT2D eigenvalue weighted by Gasteiger charge is 2.71. The predicted molar refractivity (Wildman–Crippen MR) is 310 cm³/mol. The number of fused-ring (bicyclic) bond motifs is 7. The highest BCUT2D eigenvalue weighted by atomic mass is 16.5. The van der Waals surface area contributed by atoms with Crippen LogP contribution in [-0.2, 0) is 38.2 Å². The number of rotatable bonds is 26. The van der Waals surface area contributed by atoms with Crippen LogP contribution >= 0.6 is 0 Å². The molecule has 17 atom stereocenters. The van der Waals surface area contributed by atoms with Crippen LogP contribution in [0.2, 0.25) is 0 Å². The number of likely N-dealkylation sites (N-methyl/N-ethyl adjacent to an activating group) is 2. The third kappa shape index (κ3) is 12.5. The van der Waals surface area contributed by atoms with Crippen molar-refractivity contribution in [2.75, 3.05) is 54.1 Å². The Hall–Kier alpha value is -3.36. The van der Waals surface area contributed by atoms with Crippen LogP contribution in [0, 0.1) is 92.2 Å². The number of hydrogen-bond acceptors (Lipinski definition) is 11. The molecule has 0 aromatic rings. The average molecular weight is 1110 g/mol. The van der Waals surface area contributed by atoms with Gasteiger partial charge in [-0.2, -0.15) is 0 Å². The molecular weight excluding hydrogens is 997 g/mol. The molecule has 1 aliphatic heterocycles. The quantitative estimate of drug-likeness (QED) is 0.0426. The number of aliphatic hydroxyl groups is 2. The number of Topliss-reactive ketones (excluding diaryl/α,β-unsaturated/α-hetero) is 1. The lowest BCUT2D eigenvalue weighted by Gasteiger charge is -2.73. The van der Waals surface area contributed by atoms with E-state index in [-0.39, 0.29) is 100.0 Å². The molecule has 14 nitrogen and oxygen atoms in total. The summed E-state index contributed by atoms with van der Waals surface area (Å²) in [7, 11) is 5.39. The SMILES string of the molecule is C=C(CCCC(=O)[C@H](C)[C@@H](CO)C1CCCN1C(=O)C[C@@H](CO)[C@H](CC)N(C)C(=O)[C@@H](NC(=O)[C@H](C(C)C)N(C)C)C(C)C)[C@@H]1CC[C@]2(COC(C)=O)CC[C@]3(C)C(CCC4[C@@]5(C)CC[C@H](COC=O)C(C)(C)[C@@H]5CC[C@]43C)[C@@H]12. The number of carbonyl (C=O) groups is 6. The lowest BCUT2D eigenvalue weighted by atomic mass is 9.32. The van der Waals surface area contributed by atoms with Crippen molar-refractivity contribution in [3.8, 4) is 0 Å². The van der Waals surface area contributed by atoms with E-state index in [9.17, 15) is 39.0 Å². The Balaban J connectivity index is 1.10. The summed E-state index contributed by atoms with van der Waals surface area (Å²) < 4.78 is 11.4. The Morgan fingerprint density at radius 1 is 0.823 bits per heavy atom. The van der Waals surface area contributed by atoms with Gasteiger partial charge in [0.05, 0.1) is 19.3 Å². The van der Waals surface area contributed by atoms with Crippen molar-refractivity contribution < 1.29 is 48.5 Å². The van der Waals surface area contributed by atoms with Gasteiger partial charge < -0.3 is 34.8 Å². The van der Waals surface area contributed by atoms with Gasteiger partial charge in [0, 0.05) is 81.8 Å². The second-order valence-corrected chi connectivity index (χ2v) is 28.8. The van der Waals surface area contributed by atoms with Crippen molar-refractivity contribution >= 4 is 35.9 Å². The van der Waals surface area contributed by atoms with Crippen LogP contribution < -0.4 is 5.32 Å². The van der Waals surface area contributed by atoms with Crippen LogP contribution in [-0.4, -0.2) is 139 Å². The van der Waals surface area contributed by atoms with E-state index >= 15 is 0 Å². The van der Waals surface area contributed by atoms with Crippen LogP contribution in [0.25, 0.3) is 0 Å². The minimum Gasteiger partial charge on any atom is -0.468 e. The smallest absolute Gasteiger partial charge is 0.302 e. The molecule has 0 aromatic carbocycles. The minimum absolute atomic E-state index is 0.00361. The topological polar surface area (TPSA) is 183 Å². The van der Waals surface area contributed by atoms with Crippen LogP contribution in [0.15, 0.2) is 12.2 Å². The first-order chi connectivity index (χ1) is 37.1. The van der Waals surface area contributed by atoms with E-state index in [1.54, 1.807) is 11.9 Å². The molecule has 5 aliphatic carbocycles. The normalized spacial score (nSPS) is 34.2. The molecule has 6 fully saturated rings. The Morgan fingerprint density at radius 2 is 1.52 bits per heavy atom. The Morgan fingerprint density at radius 3 is 2.11 bits per heavy atom. The first kappa shape index (κ1) is 64.8. The summed E-state index contributed by atoms with van der Waals surface area (Å²) in [5.41, 5.74) is 1.62. The van der Waals surface area contributed by atoms with Crippen LogP contribution in [0.3, 0.4) is 0 Å². The summed E-state index contributed by atoms with van der Waals surface area (Å²) in [6.45, 7) is 32.2. The van der Waals surface area contributed by atoms with Crippen molar-refractivity contribution in [1.29, 1.82) is 0 Å². The van der Waals surface area contributed by atoms with Crippen molar-refractivity contribution in [2.24, 2.45) is 92.2 Å². The van der Waals surface area contributed by atoms with Crippen LogP contribution in [0.5, 0.6) is 0 Å². The third-order valence-corrected chi connectivity index (χ3v) is 23.9. The van der Waals surface area contributed by atoms with Crippen LogP contribution in [0.4, 0.5) is 0 Å². The molecule has 1 heterocycles. The highest BCUT2D eigenvalue weighted by Crippen LogP contribution is 2.78. The van der Waals surface area contributed by atoms with E-state index in [0.29, 0.717) is 81.5 Å². The van der Waals surface area contributed by atoms with Gasteiger partial charge in [-0.3, -0.25) is 33.7 Å². The zero-order valence-corrected chi connectivity index (χ0v) is 52.0. The second-order valence-electron chi connectivity index (χ2n) is 28.8. The summed E-state index contributed by atoms with van der Waals surface area (Å²) >= 11 is 0. The molecule has 0 spiro atoms. The number of likely N-dealkylation sites (tertiary alicyclic amines) is 1. The van der Waals surface area contributed by atoms with E-state index in [0.717, 1.165) is 57.8 Å². The fourth-order valence-corrected chi connectivity index (χ4v) is 19.4. The molecule has 1 saturated heterocycles. The maximum absolute atomic E-state index is 14.4. The molecule has 5 saturated carbocycles. The first-order valence-corrected chi connectivity index (χ1v) is 31.2. The van der Waals surface area contributed by atoms with Gasteiger partial charge in [0.1, 0.15) is 11.8 Å². The fraction of sp³-hybridized carbons (Fsp3) is 0.877. The van der Waals surface area contributed by atoms with Gasteiger partial charge in [-0.15, -0.1) is 0 Å². The van der Waals surface area contributed by atoms with Gasteiger partial charge in [-0.05, 0) is 179 Å². The van der Waals surface area contributed by atoms with Gasteiger partial charge in [-0.25, -0.2) is 0 Å². The standard InChI is InChI=1S/C65H110N4O10/c1-17-50(68(16)60(77)57(40(2)3)66-59(76)58(41(4)5)67(14)15)45(35-70)34-55(75)69-33-19-21-51(69)48(36-71)43(7)52(74)22-18-20-42(6)47-26-30-65(38-79-44(8)73)32-31-63(12)49(56(47)65)23-24-54-62(11)28-25-46(37-78-39-72)61(9,10)53(62)27-29-64(54,63)13/h39-41,43,45-51,53-54,56-58,70-71H,6,17-38H2,1-5,7-16H3,(H,66,76)/t43-,45+,46-,47+,48-,49?,50+,51?,53+,54?,56-,57+,58+,62+,63-,64-,65-/m1/s1. The molecule has 3 N–H and O–H groups in total. The summed E-state index contributed by atoms with van der Waals surface area (Å²) in [5, 5.41) is 24.8. The Bertz CT molecular complexity index is 2160. The number of aliphatic hydroxyl groups excluding tert-OH is 2. The molecule has 450 valence electrons. The Labute approximate surface area is 477 Å². The molecule has 6 rings (SSSR count). The predicted octanol–water partition coefficient (Wildman–Crippen LogP) is 9.91. The summed E-state index contributed by atoms with van der Waals surface area (Å²) in [6.07, 6.45) is 14.8. The summed E-state index contributed by atoms with van der Waals surface area (Å²) in [5.74, 6) is 0.118. The lowest BCUT2D eigenvalue weighted by molar-refractivity contribution is -0.246. The number of nitrogens with zero attached hydrogens (tertiary/aromatic N) is 3. The third-order valence-electron chi connectivity index (χ3n) is 23.9. The van der Waals surface area contributed by atoms with E-state index in [1.807, 2.05) is 65.4 Å². The van der Waals surface area contributed by atoms with E-state index in [2.05, 4.69) is 39.9 Å². The fourth-order valence-electron chi connectivity index (χ4n) is 19.4. The molecule has 0 bridgehead atoms. The molecule has 14 heteroatoms. The largest absolute Gasteiger partial charge is 0.468 e. The molecule has 0 radical (unpaired) electrons. The van der Waals surface area contributed by atoms with Gasteiger partial charge in [0.2, 0.25) is 17.7 Å². The zero-order valence-electron chi connectivity index (χ0n) is 52.0. The van der Waals surface area contributed by atoms with Gasteiger partial charge >= 0.3 is 5.97 Å². The number of carbonyl (C=O) groups excluding carboxylic acids is 6. The monoisotopic (exact) mass is 1110 g/mol. The van der Waals surface area contributed by atoms with E-state index < -0.39 is 35.9 Å². The Kier molecular flexibility index (Phi) is 21.4. The van der Waals surface area contributed by atoms with Crippen LogP contribution in [0.1, 0.15) is 192 Å². The number of ketones is 1. The van der Waals surface area contributed by atoms with Gasteiger partial charge in [-0.1, -0.05) is 88.3 Å². The molecular formula is C65H110N4O10. The molecule has 79 heavy (non-hydrogen) atoms. The first-order valence-electron chi connectivity index (χ1n) is 31.2. The number of esters is 1. The zero-order chi connectivity index (χ0) is 58.7. The number of amides is 3. The van der Waals surface area contributed by atoms with Crippen molar-refractivity contribution in [1.82, 2.24) is 20.0 Å². The average Bonchev–Trinajstić information content (AvgIpc) is 4.21. The van der Waals surface area contributed by atoms with Crippen molar-refractivity contribution in [3.05, 3.63) is 12.2 Å². The number of nitrogens with one attached hydrogen (secondary N) is 1. The second kappa shape index (κ2) is 26.1. The van der Waals surface area contributed by atoms with Crippen molar-refractivity contribution in [2.45, 2.75) is 216 Å². The summed E-state index contributed by atoms with van der Waals surface area (Å²) in [4.78, 5) is 85.4. The molecule has 3 amide bonds. The van der Waals surface area contributed by atoms with E-state index in [1.165, 1.54) is 31.8 Å². The van der Waals surface area contributed by atoms with E-state index in [4.69, 9.17) is 16.1 Å². The van der Waals surface area contributed by atoms with Crippen molar-refractivity contribution in [3.63, 3.8) is 0 Å². The maximum atomic E-state index is 14.4. The summed E-state index contributed by atoms with van der Waals surface area (Å²) in [6, 6.07) is -2.01. The molecule has 6 aliphatic rings. The maximum Gasteiger partial charge on any atom is 0.302 e. The number of hydrogen-bond donors (Lipinski definition) is 3. The molecule has 3 unspecified atom stereocenters. The minimum atomic E-state index is -0.789.